The topological polar surface area (TPSA) is 85.4 Å². The highest BCUT2D eigenvalue weighted by Crippen LogP contribution is 2.30. The van der Waals surface area contributed by atoms with E-state index in [1.165, 1.54) is 0 Å². The number of benzene rings is 1. The van der Waals surface area contributed by atoms with Crippen molar-refractivity contribution in [3.63, 3.8) is 0 Å². The average Bonchev–Trinajstić information content (AvgIpc) is 2.59. The number of carbonyl (C=O) groups is 1. The minimum Gasteiger partial charge on any atom is -0.493 e. The van der Waals surface area contributed by atoms with Gasteiger partial charge in [-0.1, -0.05) is 13.8 Å². The molecular formula is C17H22N4O3. The third-order valence-electron chi connectivity index (χ3n) is 3.20. The van der Waals surface area contributed by atoms with E-state index in [0.717, 1.165) is 5.69 Å². The van der Waals surface area contributed by atoms with Crippen molar-refractivity contribution in [1.82, 2.24) is 15.3 Å². The summed E-state index contributed by atoms with van der Waals surface area (Å²) in [5, 5.41) is 5.88. The van der Waals surface area contributed by atoms with Gasteiger partial charge in [0.25, 0.3) is 5.91 Å². The van der Waals surface area contributed by atoms with Gasteiger partial charge in [-0.25, -0.2) is 9.97 Å². The molecule has 2 rings (SSSR count). The van der Waals surface area contributed by atoms with Crippen LogP contribution in [0.1, 0.15) is 24.3 Å². The summed E-state index contributed by atoms with van der Waals surface area (Å²) in [5.74, 6) is 1.71. The van der Waals surface area contributed by atoms with E-state index in [1.54, 1.807) is 38.6 Å². The van der Waals surface area contributed by atoms with Gasteiger partial charge in [-0.05, 0) is 24.1 Å². The lowest BCUT2D eigenvalue weighted by Gasteiger charge is -2.11. The van der Waals surface area contributed by atoms with Crippen molar-refractivity contribution in [3.8, 4) is 11.5 Å². The highest BCUT2D eigenvalue weighted by molar-refractivity contribution is 5.92. The Bertz CT molecular complexity index is 704. The van der Waals surface area contributed by atoms with E-state index in [9.17, 15) is 4.79 Å². The van der Waals surface area contributed by atoms with Crippen molar-refractivity contribution in [2.75, 3.05) is 26.1 Å². The third kappa shape index (κ3) is 4.58. The summed E-state index contributed by atoms with van der Waals surface area (Å²) in [6.07, 6.45) is 1.54. The zero-order chi connectivity index (χ0) is 17.5. The summed E-state index contributed by atoms with van der Waals surface area (Å²) in [6, 6.07) is 6.94. The first-order valence-electron chi connectivity index (χ1n) is 7.63. The first-order valence-corrected chi connectivity index (χ1v) is 7.63. The number of nitrogens with one attached hydrogen (secondary N) is 2. The minimum absolute atomic E-state index is 0.221. The molecule has 128 valence electrons. The second-order valence-corrected chi connectivity index (χ2v) is 5.56. The molecule has 0 radical (unpaired) electrons. The van der Waals surface area contributed by atoms with Crippen LogP contribution in [0.5, 0.6) is 11.5 Å². The lowest BCUT2D eigenvalue weighted by Crippen LogP contribution is -2.28. The normalized spacial score (nSPS) is 10.4. The third-order valence-corrected chi connectivity index (χ3v) is 3.20. The molecule has 24 heavy (non-hydrogen) atoms. The van der Waals surface area contributed by atoms with Crippen LogP contribution in [0.3, 0.4) is 0 Å². The first kappa shape index (κ1) is 17.5. The van der Waals surface area contributed by atoms with Gasteiger partial charge in [-0.15, -0.1) is 0 Å². The van der Waals surface area contributed by atoms with Crippen LogP contribution >= 0.6 is 0 Å². The van der Waals surface area contributed by atoms with Gasteiger partial charge in [0.1, 0.15) is 5.69 Å². The maximum absolute atomic E-state index is 12.1. The van der Waals surface area contributed by atoms with Crippen molar-refractivity contribution >= 4 is 17.5 Å². The predicted molar refractivity (Wildman–Crippen MR) is 92.0 cm³/mol. The number of hydrogen-bond donors (Lipinski definition) is 2. The second-order valence-electron chi connectivity index (χ2n) is 5.56. The summed E-state index contributed by atoms with van der Waals surface area (Å²) in [6.45, 7) is 4.66. The number of anilines is 2. The van der Waals surface area contributed by atoms with Crippen LogP contribution < -0.4 is 20.1 Å². The highest BCUT2D eigenvalue weighted by Gasteiger charge is 2.10. The molecule has 0 atom stereocenters. The van der Waals surface area contributed by atoms with Crippen LogP contribution in [0.25, 0.3) is 0 Å². The molecule has 0 aliphatic rings. The maximum atomic E-state index is 12.1. The summed E-state index contributed by atoms with van der Waals surface area (Å²) >= 11 is 0. The Morgan fingerprint density at radius 2 is 1.92 bits per heavy atom. The lowest BCUT2D eigenvalue weighted by molar-refractivity contribution is 0.0944. The van der Waals surface area contributed by atoms with Gasteiger partial charge in [0.05, 0.1) is 14.2 Å². The Hall–Kier alpha value is -2.83. The van der Waals surface area contributed by atoms with E-state index >= 15 is 0 Å². The standard InChI is InChI=1S/C17H22N4O3/c1-11(2)10-19-16(22)13-7-8-18-17(21-13)20-12-5-6-14(23-3)15(9-12)24-4/h5-9,11H,10H2,1-4H3,(H,19,22)(H,18,20,21). The van der Waals surface area contributed by atoms with E-state index in [4.69, 9.17) is 9.47 Å². The molecule has 0 aliphatic heterocycles. The van der Waals surface area contributed by atoms with Crippen LogP contribution in [0.4, 0.5) is 11.6 Å². The van der Waals surface area contributed by atoms with E-state index in [0.29, 0.717) is 35.6 Å². The SMILES string of the molecule is COc1ccc(Nc2nccc(C(=O)NCC(C)C)n2)cc1OC. The molecule has 0 aliphatic carbocycles. The molecule has 7 heteroatoms. The van der Waals surface area contributed by atoms with Crippen LogP contribution in [-0.2, 0) is 0 Å². The highest BCUT2D eigenvalue weighted by atomic mass is 16.5. The molecule has 1 aromatic carbocycles. The van der Waals surface area contributed by atoms with Crippen molar-refractivity contribution in [3.05, 3.63) is 36.2 Å². The van der Waals surface area contributed by atoms with Crippen molar-refractivity contribution in [2.24, 2.45) is 5.92 Å². The number of nitrogens with zero attached hydrogens (tertiary/aromatic N) is 2. The molecule has 1 heterocycles. The monoisotopic (exact) mass is 330 g/mol. The summed E-state index contributed by atoms with van der Waals surface area (Å²) in [4.78, 5) is 20.4. The van der Waals surface area contributed by atoms with Gasteiger partial charge < -0.3 is 20.1 Å². The molecule has 0 unspecified atom stereocenters. The van der Waals surface area contributed by atoms with Crippen LogP contribution in [0.2, 0.25) is 0 Å². The fourth-order valence-corrected chi connectivity index (χ4v) is 1.98. The Balaban J connectivity index is 2.13. The number of methoxy groups -OCH3 is 2. The average molecular weight is 330 g/mol. The summed E-state index contributed by atoms with van der Waals surface area (Å²) in [5.41, 5.74) is 1.04. The Morgan fingerprint density at radius 3 is 2.58 bits per heavy atom. The predicted octanol–water partition coefficient (Wildman–Crippen LogP) is 2.62. The van der Waals surface area contributed by atoms with Gasteiger partial charge in [0, 0.05) is 24.5 Å². The summed E-state index contributed by atoms with van der Waals surface area (Å²) < 4.78 is 10.5. The lowest BCUT2D eigenvalue weighted by atomic mass is 10.2. The minimum atomic E-state index is -0.221. The van der Waals surface area contributed by atoms with Gasteiger partial charge in [-0.2, -0.15) is 0 Å². The number of rotatable bonds is 7. The molecule has 2 N–H and O–H groups in total. The number of hydrogen-bond acceptors (Lipinski definition) is 6. The van der Waals surface area contributed by atoms with Crippen LogP contribution in [0, 0.1) is 5.92 Å². The smallest absolute Gasteiger partial charge is 0.270 e. The molecule has 7 nitrogen and oxygen atoms in total. The molecule has 1 amide bonds. The Labute approximate surface area is 141 Å². The Morgan fingerprint density at radius 1 is 1.17 bits per heavy atom. The van der Waals surface area contributed by atoms with Crippen LogP contribution in [-0.4, -0.2) is 36.6 Å². The van der Waals surface area contributed by atoms with Crippen LogP contribution in [0.15, 0.2) is 30.5 Å². The van der Waals surface area contributed by atoms with Crippen molar-refractivity contribution in [2.45, 2.75) is 13.8 Å². The van der Waals surface area contributed by atoms with E-state index in [-0.39, 0.29) is 5.91 Å². The fourth-order valence-electron chi connectivity index (χ4n) is 1.98. The molecular weight excluding hydrogens is 308 g/mol. The fraction of sp³-hybridized carbons (Fsp3) is 0.353. The molecule has 1 aromatic heterocycles. The molecule has 0 saturated carbocycles. The van der Waals surface area contributed by atoms with E-state index in [1.807, 2.05) is 19.9 Å². The van der Waals surface area contributed by atoms with Gasteiger partial charge in [-0.3, -0.25) is 4.79 Å². The quantitative estimate of drug-likeness (QED) is 0.812. The second kappa shape index (κ2) is 8.14. The molecule has 0 saturated heterocycles. The molecule has 0 bridgehead atoms. The van der Waals surface area contributed by atoms with Crippen molar-refractivity contribution < 1.29 is 14.3 Å². The van der Waals surface area contributed by atoms with Gasteiger partial charge >= 0.3 is 0 Å². The maximum Gasteiger partial charge on any atom is 0.270 e. The van der Waals surface area contributed by atoms with E-state index < -0.39 is 0 Å². The van der Waals surface area contributed by atoms with E-state index in [2.05, 4.69) is 20.6 Å². The number of ether oxygens (including phenoxy) is 2. The number of amides is 1. The number of aromatic nitrogens is 2. The van der Waals surface area contributed by atoms with Crippen molar-refractivity contribution in [1.29, 1.82) is 0 Å². The summed E-state index contributed by atoms with van der Waals surface area (Å²) in [7, 11) is 3.14. The molecule has 0 fully saturated rings. The Kier molecular flexibility index (Phi) is 5.95. The van der Waals surface area contributed by atoms with Gasteiger partial charge in [0.2, 0.25) is 5.95 Å². The molecule has 0 spiro atoms. The number of carbonyl (C=O) groups excluding carboxylic acids is 1. The zero-order valence-electron chi connectivity index (χ0n) is 14.3. The van der Waals surface area contributed by atoms with Gasteiger partial charge in [0.15, 0.2) is 11.5 Å². The first-order chi connectivity index (χ1) is 11.5. The largest absolute Gasteiger partial charge is 0.493 e. The zero-order valence-corrected chi connectivity index (χ0v) is 14.3. The molecule has 2 aromatic rings.